The minimum absolute atomic E-state index is 0.147. The average Bonchev–Trinajstić information content (AvgIpc) is 2.66. The predicted octanol–water partition coefficient (Wildman–Crippen LogP) is 1.70. The van der Waals surface area contributed by atoms with Gasteiger partial charge in [0.15, 0.2) is 0 Å². The van der Waals surface area contributed by atoms with Crippen molar-refractivity contribution in [1.29, 1.82) is 5.41 Å². The Balaban J connectivity index is 2.18. The van der Waals surface area contributed by atoms with Gasteiger partial charge in [-0.3, -0.25) is 5.41 Å². The number of amidine groups is 1. The zero-order valence-corrected chi connectivity index (χ0v) is 11.5. The number of rotatable bonds is 7. The molecule has 17 heavy (non-hydrogen) atoms. The molecule has 1 atom stereocenters. The topological polar surface area (TPSA) is 62.3 Å². The van der Waals surface area contributed by atoms with E-state index in [1.54, 1.807) is 7.11 Å². The predicted molar refractivity (Wildman–Crippen MR) is 71.4 cm³/mol. The zero-order chi connectivity index (χ0) is 12.9. The van der Waals surface area contributed by atoms with E-state index in [-0.39, 0.29) is 5.41 Å². The minimum Gasteiger partial charge on any atom is -0.387 e. The second kappa shape index (κ2) is 6.36. The quantitative estimate of drug-likeness (QED) is 0.527. The molecule has 1 fully saturated rings. The molecule has 1 rings (SSSR count). The van der Waals surface area contributed by atoms with Crippen molar-refractivity contribution in [3.05, 3.63) is 0 Å². The molecule has 0 aromatic heterocycles. The fourth-order valence-electron chi connectivity index (χ4n) is 2.37. The van der Waals surface area contributed by atoms with Gasteiger partial charge in [-0.15, -0.1) is 0 Å². The maximum absolute atomic E-state index is 7.52. The normalized spacial score (nSPS) is 21.9. The highest BCUT2D eigenvalue weighted by molar-refractivity contribution is 5.82. The molecule has 0 aliphatic carbocycles. The van der Waals surface area contributed by atoms with Crippen molar-refractivity contribution in [3.8, 4) is 0 Å². The van der Waals surface area contributed by atoms with Crippen molar-refractivity contribution in [1.82, 2.24) is 4.90 Å². The van der Waals surface area contributed by atoms with Crippen LogP contribution in [0, 0.1) is 16.7 Å². The van der Waals surface area contributed by atoms with Crippen LogP contribution in [0.15, 0.2) is 0 Å². The monoisotopic (exact) mass is 241 g/mol. The molecule has 0 saturated carbocycles. The van der Waals surface area contributed by atoms with E-state index in [1.807, 2.05) is 13.8 Å². The smallest absolute Gasteiger partial charge is 0.0963 e. The first-order chi connectivity index (χ1) is 7.95. The molecule has 1 unspecified atom stereocenters. The van der Waals surface area contributed by atoms with Crippen LogP contribution >= 0.6 is 0 Å². The number of hydrogen-bond donors (Lipinski definition) is 2. The Labute approximate surface area is 105 Å². The molecular weight excluding hydrogens is 214 g/mol. The lowest BCUT2D eigenvalue weighted by Crippen LogP contribution is -2.32. The molecule has 4 nitrogen and oxygen atoms in total. The molecule has 1 aliphatic heterocycles. The van der Waals surface area contributed by atoms with E-state index in [9.17, 15) is 0 Å². The van der Waals surface area contributed by atoms with Crippen LogP contribution in [0.5, 0.6) is 0 Å². The van der Waals surface area contributed by atoms with Gasteiger partial charge in [-0.1, -0.05) is 13.8 Å². The van der Waals surface area contributed by atoms with Gasteiger partial charge in [-0.05, 0) is 38.3 Å². The van der Waals surface area contributed by atoms with Crippen LogP contribution in [0.2, 0.25) is 0 Å². The molecule has 0 spiro atoms. The average molecular weight is 241 g/mol. The van der Waals surface area contributed by atoms with Crippen molar-refractivity contribution in [2.45, 2.75) is 33.1 Å². The number of hydrogen-bond acceptors (Lipinski definition) is 3. The van der Waals surface area contributed by atoms with Gasteiger partial charge in [-0.2, -0.15) is 0 Å². The molecule has 0 bridgehead atoms. The Morgan fingerprint density at radius 1 is 1.53 bits per heavy atom. The lowest BCUT2D eigenvalue weighted by molar-refractivity contribution is 0.153. The van der Waals surface area contributed by atoms with E-state index in [4.69, 9.17) is 15.9 Å². The largest absolute Gasteiger partial charge is 0.387 e. The van der Waals surface area contributed by atoms with Crippen LogP contribution in [0.4, 0.5) is 0 Å². The van der Waals surface area contributed by atoms with E-state index in [0.717, 1.165) is 32.5 Å². The third-order valence-corrected chi connectivity index (χ3v) is 3.78. The molecule has 0 radical (unpaired) electrons. The zero-order valence-electron chi connectivity index (χ0n) is 11.5. The molecule has 100 valence electrons. The minimum atomic E-state index is -0.147. The summed E-state index contributed by atoms with van der Waals surface area (Å²) in [6, 6.07) is 0. The van der Waals surface area contributed by atoms with Gasteiger partial charge in [0.25, 0.3) is 0 Å². The Morgan fingerprint density at radius 2 is 2.24 bits per heavy atom. The van der Waals surface area contributed by atoms with Crippen molar-refractivity contribution in [2.75, 3.05) is 33.4 Å². The molecule has 1 heterocycles. The summed E-state index contributed by atoms with van der Waals surface area (Å²) < 4.78 is 5.19. The van der Waals surface area contributed by atoms with Crippen LogP contribution in [0.25, 0.3) is 0 Å². The number of ether oxygens (including phenoxy) is 1. The number of nitrogens with one attached hydrogen (secondary N) is 1. The van der Waals surface area contributed by atoms with E-state index in [2.05, 4.69) is 4.90 Å². The highest BCUT2D eigenvalue weighted by Crippen LogP contribution is 2.23. The first-order valence-electron chi connectivity index (χ1n) is 6.51. The van der Waals surface area contributed by atoms with E-state index in [0.29, 0.717) is 11.8 Å². The Kier molecular flexibility index (Phi) is 5.40. The third kappa shape index (κ3) is 4.64. The summed E-state index contributed by atoms with van der Waals surface area (Å²) in [6.07, 6.45) is 3.37. The number of methoxy groups -OCH3 is 1. The lowest BCUT2D eigenvalue weighted by Gasteiger charge is -2.24. The van der Waals surface area contributed by atoms with Crippen molar-refractivity contribution >= 4 is 5.84 Å². The second-order valence-electron chi connectivity index (χ2n) is 5.81. The van der Waals surface area contributed by atoms with Gasteiger partial charge in [-0.25, -0.2) is 0 Å². The maximum Gasteiger partial charge on any atom is 0.0963 e. The Morgan fingerprint density at radius 3 is 2.82 bits per heavy atom. The molecule has 4 heteroatoms. The van der Waals surface area contributed by atoms with Gasteiger partial charge in [0.05, 0.1) is 12.4 Å². The Hall–Kier alpha value is -0.610. The van der Waals surface area contributed by atoms with Gasteiger partial charge in [0.1, 0.15) is 0 Å². The standard InChI is InChI=1S/C13H27N3O/c1-13(2,12(14)15)6-4-7-16-8-5-11(9-16)10-17-3/h11H,4-10H2,1-3H3,(H3,14,15). The summed E-state index contributed by atoms with van der Waals surface area (Å²) in [5.74, 6) is 1.01. The van der Waals surface area contributed by atoms with E-state index in [1.165, 1.54) is 13.0 Å². The Bertz CT molecular complexity index is 253. The number of likely N-dealkylation sites (tertiary alicyclic amines) is 1. The first-order valence-corrected chi connectivity index (χ1v) is 6.51. The van der Waals surface area contributed by atoms with Crippen LogP contribution in [0.3, 0.4) is 0 Å². The van der Waals surface area contributed by atoms with Gasteiger partial charge in [0.2, 0.25) is 0 Å². The summed E-state index contributed by atoms with van der Waals surface area (Å²) in [4.78, 5) is 2.50. The number of nitrogens with zero attached hydrogens (tertiary/aromatic N) is 1. The molecule has 3 N–H and O–H groups in total. The van der Waals surface area contributed by atoms with Crippen molar-refractivity contribution in [3.63, 3.8) is 0 Å². The summed E-state index contributed by atoms with van der Waals surface area (Å²) >= 11 is 0. The third-order valence-electron chi connectivity index (χ3n) is 3.78. The molecule has 1 aliphatic rings. The fourth-order valence-corrected chi connectivity index (χ4v) is 2.37. The number of nitrogens with two attached hydrogens (primary N) is 1. The first kappa shape index (κ1) is 14.5. The summed E-state index contributed by atoms with van der Waals surface area (Å²) in [6.45, 7) is 8.45. The highest BCUT2D eigenvalue weighted by Gasteiger charge is 2.24. The summed E-state index contributed by atoms with van der Waals surface area (Å²) in [7, 11) is 1.78. The molecule has 1 saturated heterocycles. The van der Waals surface area contributed by atoms with Gasteiger partial charge < -0.3 is 15.4 Å². The molecule has 0 aromatic carbocycles. The second-order valence-corrected chi connectivity index (χ2v) is 5.81. The van der Waals surface area contributed by atoms with E-state index >= 15 is 0 Å². The highest BCUT2D eigenvalue weighted by atomic mass is 16.5. The molecular formula is C13H27N3O. The van der Waals surface area contributed by atoms with Crippen molar-refractivity contribution in [2.24, 2.45) is 17.1 Å². The SMILES string of the molecule is COCC1CCN(CCCC(C)(C)C(=N)N)C1. The van der Waals surface area contributed by atoms with E-state index < -0.39 is 0 Å². The van der Waals surface area contributed by atoms with Crippen LogP contribution < -0.4 is 5.73 Å². The van der Waals surface area contributed by atoms with Crippen LogP contribution in [-0.4, -0.2) is 44.1 Å². The van der Waals surface area contributed by atoms with Crippen molar-refractivity contribution < 1.29 is 4.74 Å². The van der Waals surface area contributed by atoms with Gasteiger partial charge in [0, 0.05) is 19.1 Å². The summed E-state index contributed by atoms with van der Waals surface area (Å²) in [5.41, 5.74) is 5.43. The lowest BCUT2D eigenvalue weighted by atomic mass is 9.86. The molecule has 0 amide bonds. The molecule has 0 aromatic rings. The van der Waals surface area contributed by atoms with Crippen LogP contribution in [0.1, 0.15) is 33.1 Å². The van der Waals surface area contributed by atoms with Gasteiger partial charge >= 0.3 is 0 Å². The van der Waals surface area contributed by atoms with Crippen LogP contribution in [-0.2, 0) is 4.74 Å². The summed E-state index contributed by atoms with van der Waals surface area (Å²) in [5, 5.41) is 7.52. The maximum atomic E-state index is 7.52. The fraction of sp³-hybridized carbons (Fsp3) is 0.923.